The quantitative estimate of drug-likeness (QED) is 0.891. The van der Waals surface area contributed by atoms with Crippen LogP contribution in [0.25, 0.3) is 0 Å². The van der Waals surface area contributed by atoms with E-state index >= 15 is 0 Å². The third kappa shape index (κ3) is 1.74. The molecule has 0 aromatic heterocycles. The maximum absolute atomic E-state index is 11.7. The molecule has 2 aliphatic rings. The van der Waals surface area contributed by atoms with Crippen molar-refractivity contribution in [1.82, 2.24) is 5.32 Å². The van der Waals surface area contributed by atoms with E-state index < -0.39 is 0 Å². The Morgan fingerprint density at radius 2 is 2.13 bits per heavy atom. The van der Waals surface area contributed by atoms with Crippen LogP contribution in [0, 0.1) is 0 Å². The van der Waals surface area contributed by atoms with E-state index in [0.29, 0.717) is 12.5 Å². The molecule has 0 bridgehead atoms. The summed E-state index contributed by atoms with van der Waals surface area (Å²) in [6, 6.07) is 6.83. The average Bonchev–Trinajstić information content (AvgIpc) is 2.95. The van der Waals surface area contributed by atoms with E-state index in [1.165, 1.54) is 18.4 Å². The molecular weight excluding hydrogens is 254 g/mol. The molecule has 0 heterocycles. The number of halogens is 1. The van der Waals surface area contributed by atoms with Gasteiger partial charge in [-0.15, -0.1) is 0 Å². The number of fused-ring (bicyclic) bond motifs is 1. The average molecular weight is 266 g/mol. The maximum Gasteiger partial charge on any atom is 0.165 e. The second-order valence-corrected chi connectivity index (χ2v) is 5.27. The van der Waals surface area contributed by atoms with Crippen LogP contribution in [0.1, 0.15) is 41.2 Å². The fraction of sp³-hybridized carbons (Fsp3) is 0.417. The maximum atomic E-state index is 11.7. The van der Waals surface area contributed by atoms with E-state index in [2.05, 4.69) is 27.3 Å². The van der Waals surface area contributed by atoms with Gasteiger partial charge in [-0.3, -0.25) is 4.79 Å². The van der Waals surface area contributed by atoms with Crippen LogP contribution >= 0.6 is 15.9 Å². The molecule has 3 rings (SSSR count). The summed E-state index contributed by atoms with van der Waals surface area (Å²) in [5, 5.41) is 3.52. The number of carbonyl (C=O) groups excluding carboxylic acids is 1. The Bertz CT molecular complexity index is 426. The highest BCUT2D eigenvalue weighted by atomic mass is 79.9. The van der Waals surface area contributed by atoms with Crippen LogP contribution in [0.2, 0.25) is 0 Å². The molecule has 0 amide bonds. The van der Waals surface area contributed by atoms with Crippen LogP contribution in [-0.2, 0) is 0 Å². The van der Waals surface area contributed by atoms with E-state index in [9.17, 15) is 4.79 Å². The highest BCUT2D eigenvalue weighted by Gasteiger charge is 2.33. The molecular formula is C12H12BrNO. The van der Waals surface area contributed by atoms with Gasteiger partial charge in [-0.2, -0.15) is 0 Å². The lowest BCUT2D eigenvalue weighted by Crippen LogP contribution is -2.21. The molecule has 78 valence electrons. The van der Waals surface area contributed by atoms with Gasteiger partial charge >= 0.3 is 0 Å². The van der Waals surface area contributed by atoms with Gasteiger partial charge in [0.1, 0.15) is 0 Å². The summed E-state index contributed by atoms with van der Waals surface area (Å²) in [6.45, 7) is 0. The molecule has 1 aromatic carbocycles. The summed E-state index contributed by atoms with van der Waals surface area (Å²) in [4.78, 5) is 11.7. The van der Waals surface area contributed by atoms with E-state index in [4.69, 9.17) is 0 Å². The first-order valence-electron chi connectivity index (χ1n) is 5.33. The first-order valence-corrected chi connectivity index (χ1v) is 6.12. The Morgan fingerprint density at radius 3 is 2.87 bits per heavy atom. The zero-order chi connectivity index (χ0) is 10.4. The molecule has 15 heavy (non-hydrogen) atoms. The fourth-order valence-electron chi connectivity index (χ4n) is 2.16. The van der Waals surface area contributed by atoms with Crippen molar-refractivity contribution in [3.05, 3.63) is 33.8 Å². The molecule has 1 fully saturated rings. The van der Waals surface area contributed by atoms with Crippen LogP contribution in [-0.4, -0.2) is 11.8 Å². The molecule has 1 unspecified atom stereocenters. The molecule has 2 aliphatic carbocycles. The standard InChI is InChI=1S/C12H12BrNO/c13-7-1-4-9-10(5-7)11(6-12(9)15)14-8-2-3-8/h1,4-5,8,11,14H,2-3,6H2. The SMILES string of the molecule is O=C1CC(NC2CC2)c2cc(Br)ccc21. The van der Waals surface area contributed by atoms with Gasteiger partial charge in [-0.1, -0.05) is 15.9 Å². The first-order chi connectivity index (χ1) is 7.24. The zero-order valence-electron chi connectivity index (χ0n) is 8.29. The van der Waals surface area contributed by atoms with Crippen molar-refractivity contribution in [1.29, 1.82) is 0 Å². The summed E-state index contributed by atoms with van der Waals surface area (Å²) in [7, 11) is 0. The van der Waals surface area contributed by atoms with Crippen molar-refractivity contribution in [2.45, 2.75) is 31.3 Å². The van der Waals surface area contributed by atoms with Gasteiger partial charge in [0.15, 0.2) is 5.78 Å². The van der Waals surface area contributed by atoms with Crippen molar-refractivity contribution in [2.75, 3.05) is 0 Å². The summed E-state index contributed by atoms with van der Waals surface area (Å²) < 4.78 is 1.05. The van der Waals surface area contributed by atoms with Gasteiger partial charge in [-0.25, -0.2) is 0 Å². The smallest absolute Gasteiger partial charge is 0.165 e. The predicted octanol–water partition coefficient (Wildman–Crippen LogP) is 2.83. The largest absolute Gasteiger partial charge is 0.307 e. The Kier molecular flexibility index (Phi) is 2.18. The van der Waals surface area contributed by atoms with E-state index in [0.717, 1.165) is 10.0 Å². The highest BCUT2D eigenvalue weighted by molar-refractivity contribution is 9.10. The number of hydrogen-bond acceptors (Lipinski definition) is 2. The predicted molar refractivity (Wildman–Crippen MR) is 62.0 cm³/mol. The molecule has 0 aliphatic heterocycles. The summed E-state index contributed by atoms with van der Waals surface area (Å²) in [6.07, 6.45) is 3.14. The lowest BCUT2D eigenvalue weighted by molar-refractivity contribution is 0.0985. The van der Waals surface area contributed by atoms with Gasteiger partial charge < -0.3 is 5.32 Å². The molecule has 3 heteroatoms. The first kappa shape index (κ1) is 9.55. The minimum absolute atomic E-state index is 0.248. The van der Waals surface area contributed by atoms with E-state index in [1.807, 2.05) is 12.1 Å². The van der Waals surface area contributed by atoms with Crippen LogP contribution < -0.4 is 5.32 Å². The minimum Gasteiger partial charge on any atom is -0.307 e. The molecule has 0 spiro atoms. The van der Waals surface area contributed by atoms with E-state index in [-0.39, 0.29) is 11.8 Å². The van der Waals surface area contributed by atoms with Crippen molar-refractivity contribution in [3.63, 3.8) is 0 Å². The second-order valence-electron chi connectivity index (χ2n) is 4.35. The molecule has 0 saturated heterocycles. The van der Waals surface area contributed by atoms with Crippen LogP contribution in [0.3, 0.4) is 0 Å². The Hall–Kier alpha value is -0.670. The number of nitrogens with one attached hydrogen (secondary N) is 1. The summed E-state index contributed by atoms with van der Waals surface area (Å²) >= 11 is 3.46. The molecule has 1 saturated carbocycles. The van der Waals surface area contributed by atoms with Crippen molar-refractivity contribution >= 4 is 21.7 Å². The Labute approximate surface area is 97.2 Å². The lowest BCUT2D eigenvalue weighted by atomic mass is 10.1. The zero-order valence-corrected chi connectivity index (χ0v) is 9.88. The van der Waals surface area contributed by atoms with E-state index in [1.54, 1.807) is 0 Å². The Morgan fingerprint density at radius 1 is 1.33 bits per heavy atom. The number of rotatable bonds is 2. The van der Waals surface area contributed by atoms with Crippen molar-refractivity contribution < 1.29 is 4.79 Å². The number of Topliss-reactive ketones (excluding diaryl/α,β-unsaturated/α-hetero) is 1. The normalized spacial score (nSPS) is 24.3. The monoisotopic (exact) mass is 265 g/mol. The number of ketones is 1. The van der Waals surface area contributed by atoms with Crippen LogP contribution in [0.4, 0.5) is 0 Å². The number of benzene rings is 1. The van der Waals surface area contributed by atoms with Crippen LogP contribution in [0.5, 0.6) is 0 Å². The molecule has 0 radical (unpaired) electrons. The van der Waals surface area contributed by atoms with Gasteiger partial charge in [0.2, 0.25) is 0 Å². The molecule has 1 atom stereocenters. The third-order valence-corrected chi connectivity index (χ3v) is 3.59. The lowest BCUT2D eigenvalue weighted by Gasteiger charge is -2.12. The van der Waals surface area contributed by atoms with Gasteiger partial charge in [0.05, 0.1) is 0 Å². The molecule has 2 nitrogen and oxygen atoms in total. The third-order valence-electron chi connectivity index (χ3n) is 3.09. The second kappa shape index (κ2) is 3.42. The van der Waals surface area contributed by atoms with Gasteiger partial charge in [0.25, 0.3) is 0 Å². The highest BCUT2D eigenvalue weighted by Crippen LogP contribution is 2.35. The van der Waals surface area contributed by atoms with Crippen molar-refractivity contribution in [2.24, 2.45) is 0 Å². The minimum atomic E-state index is 0.248. The topological polar surface area (TPSA) is 29.1 Å². The van der Waals surface area contributed by atoms with Gasteiger partial charge in [0, 0.05) is 28.5 Å². The van der Waals surface area contributed by atoms with Gasteiger partial charge in [-0.05, 0) is 36.6 Å². The number of carbonyl (C=O) groups is 1. The molecule has 1 aromatic rings. The fourth-order valence-corrected chi connectivity index (χ4v) is 2.54. The molecule has 1 N–H and O–H groups in total. The van der Waals surface area contributed by atoms with Crippen LogP contribution in [0.15, 0.2) is 22.7 Å². The number of hydrogen-bond donors (Lipinski definition) is 1. The summed E-state index contributed by atoms with van der Waals surface area (Å²) in [5.74, 6) is 0.274. The summed E-state index contributed by atoms with van der Waals surface area (Å²) in [5.41, 5.74) is 2.07. The Balaban J connectivity index is 1.95. The van der Waals surface area contributed by atoms with Crippen molar-refractivity contribution in [3.8, 4) is 0 Å².